The third-order valence-corrected chi connectivity index (χ3v) is 3.57. The molecule has 0 radical (unpaired) electrons. The van der Waals surface area contributed by atoms with Crippen molar-refractivity contribution in [3.8, 4) is 5.75 Å². The van der Waals surface area contributed by atoms with Gasteiger partial charge in [0.2, 0.25) is 0 Å². The van der Waals surface area contributed by atoms with Crippen molar-refractivity contribution in [1.29, 1.82) is 0 Å². The van der Waals surface area contributed by atoms with Crippen LogP contribution in [0, 0.1) is 0 Å². The molecule has 0 heterocycles. The van der Waals surface area contributed by atoms with Crippen molar-refractivity contribution in [2.24, 2.45) is 0 Å². The van der Waals surface area contributed by atoms with E-state index in [9.17, 15) is 4.79 Å². The monoisotopic (exact) mass is 378 g/mol. The molecule has 2 rings (SSSR count). The zero-order valence-electron chi connectivity index (χ0n) is 14.4. The maximum Gasteiger partial charge on any atom is 0.331 e. The molecule has 5 heteroatoms. The number of rotatable bonds is 5. The normalized spacial score (nSPS) is 11.6. The molecule has 2 aromatic rings. The highest BCUT2D eigenvalue weighted by atomic mass is 35.5. The van der Waals surface area contributed by atoms with Gasteiger partial charge in [0, 0.05) is 21.7 Å². The Kier molecular flexibility index (Phi) is 6.51. The molecule has 0 bridgehead atoms. The van der Waals surface area contributed by atoms with Crippen LogP contribution in [0.1, 0.15) is 31.9 Å². The Balaban J connectivity index is 2.11. The molecule has 0 saturated carbocycles. The van der Waals surface area contributed by atoms with E-state index >= 15 is 0 Å². The van der Waals surface area contributed by atoms with Gasteiger partial charge in [0.1, 0.15) is 18.0 Å². The highest BCUT2D eigenvalue weighted by Gasteiger charge is 2.14. The highest BCUT2D eigenvalue weighted by molar-refractivity contribution is 6.31. The first-order chi connectivity index (χ1) is 11.7. The standard InChI is InChI=1S/C20H20Cl2O3/c1-20(2,3)25-19(23)11-6-15-12-17(22)9-10-18(15)24-13-14-4-7-16(21)8-5-14/h4-12H,13H2,1-3H3/b11-6+. The van der Waals surface area contributed by atoms with Crippen molar-refractivity contribution in [3.05, 3.63) is 69.7 Å². The molecule has 0 saturated heterocycles. The molecule has 0 aliphatic carbocycles. The van der Waals surface area contributed by atoms with Gasteiger partial charge in [-0.3, -0.25) is 0 Å². The van der Waals surface area contributed by atoms with E-state index < -0.39 is 11.6 Å². The Morgan fingerprint density at radius 2 is 1.68 bits per heavy atom. The molecule has 0 aromatic heterocycles. The quantitative estimate of drug-likeness (QED) is 0.477. The summed E-state index contributed by atoms with van der Waals surface area (Å²) in [6.45, 7) is 5.84. The molecule has 25 heavy (non-hydrogen) atoms. The van der Waals surface area contributed by atoms with Crippen molar-refractivity contribution in [1.82, 2.24) is 0 Å². The first-order valence-electron chi connectivity index (χ1n) is 7.81. The van der Waals surface area contributed by atoms with Crippen molar-refractivity contribution in [3.63, 3.8) is 0 Å². The lowest BCUT2D eigenvalue weighted by Crippen LogP contribution is -2.22. The van der Waals surface area contributed by atoms with E-state index in [1.807, 2.05) is 45.0 Å². The summed E-state index contributed by atoms with van der Waals surface area (Å²) in [6, 6.07) is 12.7. The van der Waals surface area contributed by atoms with Gasteiger partial charge >= 0.3 is 5.97 Å². The molecule has 0 amide bonds. The van der Waals surface area contributed by atoms with Crippen LogP contribution in [0.4, 0.5) is 0 Å². The second kappa shape index (κ2) is 8.41. The molecule has 0 spiro atoms. The lowest BCUT2D eigenvalue weighted by molar-refractivity contribution is -0.148. The van der Waals surface area contributed by atoms with Crippen molar-refractivity contribution < 1.29 is 14.3 Å². The van der Waals surface area contributed by atoms with E-state index in [1.54, 1.807) is 24.3 Å². The van der Waals surface area contributed by atoms with Crippen LogP contribution in [-0.4, -0.2) is 11.6 Å². The van der Waals surface area contributed by atoms with Crippen LogP contribution >= 0.6 is 23.2 Å². The lowest BCUT2D eigenvalue weighted by Gasteiger charge is -2.18. The lowest BCUT2D eigenvalue weighted by atomic mass is 10.1. The Labute approximate surface area is 158 Å². The summed E-state index contributed by atoms with van der Waals surface area (Å²) in [5.74, 6) is 0.204. The number of benzene rings is 2. The van der Waals surface area contributed by atoms with Gasteiger partial charge in [0.05, 0.1) is 0 Å². The van der Waals surface area contributed by atoms with Gasteiger partial charge in [0.15, 0.2) is 0 Å². The fraction of sp³-hybridized carbons (Fsp3) is 0.250. The highest BCUT2D eigenvalue weighted by Crippen LogP contribution is 2.25. The molecular formula is C20H20Cl2O3. The molecule has 3 nitrogen and oxygen atoms in total. The van der Waals surface area contributed by atoms with Crippen molar-refractivity contribution in [2.75, 3.05) is 0 Å². The van der Waals surface area contributed by atoms with Crippen LogP contribution in [0.25, 0.3) is 6.08 Å². The molecule has 0 N–H and O–H groups in total. The fourth-order valence-corrected chi connectivity index (χ4v) is 2.32. The van der Waals surface area contributed by atoms with Crippen LogP contribution in [0.2, 0.25) is 10.0 Å². The number of hydrogen-bond acceptors (Lipinski definition) is 3. The fourth-order valence-electron chi connectivity index (χ4n) is 2.02. The van der Waals surface area contributed by atoms with Gasteiger partial charge < -0.3 is 9.47 Å². The largest absolute Gasteiger partial charge is 0.488 e. The van der Waals surface area contributed by atoms with Gasteiger partial charge in [-0.15, -0.1) is 0 Å². The zero-order valence-corrected chi connectivity index (χ0v) is 15.9. The Hall–Kier alpha value is -1.97. The van der Waals surface area contributed by atoms with E-state index in [0.717, 1.165) is 5.56 Å². The predicted molar refractivity (Wildman–Crippen MR) is 102 cm³/mol. The number of ether oxygens (including phenoxy) is 2. The van der Waals surface area contributed by atoms with Crippen molar-refractivity contribution >= 4 is 35.2 Å². The SMILES string of the molecule is CC(C)(C)OC(=O)/C=C/c1cc(Cl)ccc1OCc1ccc(Cl)cc1. The van der Waals surface area contributed by atoms with Gasteiger partial charge in [-0.1, -0.05) is 35.3 Å². The third-order valence-electron chi connectivity index (χ3n) is 3.09. The summed E-state index contributed by atoms with van der Waals surface area (Å²) in [6.07, 6.45) is 3.00. The summed E-state index contributed by atoms with van der Waals surface area (Å²) < 4.78 is 11.1. The molecule has 0 unspecified atom stereocenters. The van der Waals surface area contributed by atoms with E-state index in [-0.39, 0.29) is 0 Å². The minimum absolute atomic E-state index is 0.381. The van der Waals surface area contributed by atoms with E-state index in [4.69, 9.17) is 32.7 Å². The summed E-state index contributed by atoms with van der Waals surface area (Å²) in [7, 11) is 0. The Morgan fingerprint density at radius 1 is 1.04 bits per heavy atom. The van der Waals surface area contributed by atoms with E-state index in [2.05, 4.69) is 0 Å². The number of carbonyl (C=O) groups is 1. The van der Waals surface area contributed by atoms with Crippen LogP contribution in [0.3, 0.4) is 0 Å². The maximum absolute atomic E-state index is 11.8. The smallest absolute Gasteiger partial charge is 0.331 e. The number of hydrogen-bond donors (Lipinski definition) is 0. The Bertz CT molecular complexity index is 760. The molecule has 0 aliphatic heterocycles. The van der Waals surface area contributed by atoms with Crippen LogP contribution in [-0.2, 0) is 16.1 Å². The summed E-state index contributed by atoms with van der Waals surface area (Å²) in [5.41, 5.74) is 1.15. The van der Waals surface area contributed by atoms with Gasteiger partial charge in [-0.2, -0.15) is 0 Å². The average Bonchev–Trinajstić information content (AvgIpc) is 2.52. The second-order valence-electron chi connectivity index (χ2n) is 6.46. The second-order valence-corrected chi connectivity index (χ2v) is 7.34. The summed E-state index contributed by atoms with van der Waals surface area (Å²) >= 11 is 11.9. The van der Waals surface area contributed by atoms with Gasteiger partial charge in [-0.25, -0.2) is 4.79 Å². The molecule has 0 aliphatic rings. The van der Waals surface area contributed by atoms with E-state index in [0.29, 0.717) is 28.0 Å². The van der Waals surface area contributed by atoms with Crippen LogP contribution < -0.4 is 4.74 Å². The molecule has 0 fully saturated rings. The minimum Gasteiger partial charge on any atom is -0.488 e. The van der Waals surface area contributed by atoms with E-state index in [1.165, 1.54) is 6.08 Å². The first-order valence-corrected chi connectivity index (χ1v) is 8.56. The Morgan fingerprint density at radius 3 is 2.32 bits per heavy atom. The first kappa shape index (κ1) is 19.4. The average molecular weight is 379 g/mol. The molecule has 2 aromatic carbocycles. The van der Waals surface area contributed by atoms with Crippen molar-refractivity contribution in [2.45, 2.75) is 33.0 Å². The summed E-state index contributed by atoms with van der Waals surface area (Å²) in [4.78, 5) is 11.8. The molecule has 0 atom stereocenters. The third kappa shape index (κ3) is 6.81. The van der Waals surface area contributed by atoms with Crippen LogP contribution in [0.15, 0.2) is 48.5 Å². The zero-order chi connectivity index (χ0) is 18.4. The predicted octanol–water partition coefficient (Wildman–Crippen LogP) is 5.93. The number of halogens is 2. The molecule has 132 valence electrons. The van der Waals surface area contributed by atoms with Gasteiger partial charge in [-0.05, 0) is 62.7 Å². The van der Waals surface area contributed by atoms with Gasteiger partial charge in [0.25, 0.3) is 0 Å². The number of esters is 1. The topological polar surface area (TPSA) is 35.5 Å². The minimum atomic E-state index is -0.538. The maximum atomic E-state index is 11.8. The summed E-state index contributed by atoms with van der Waals surface area (Å²) in [5, 5.41) is 1.24. The molecular weight excluding hydrogens is 359 g/mol. The number of carbonyl (C=O) groups excluding carboxylic acids is 1. The van der Waals surface area contributed by atoms with Crippen LogP contribution in [0.5, 0.6) is 5.75 Å².